The summed E-state index contributed by atoms with van der Waals surface area (Å²) in [4.78, 5) is 41.2. The average Bonchev–Trinajstić information content (AvgIpc) is 2.77. The van der Waals surface area contributed by atoms with Crippen LogP contribution >= 0.6 is 11.6 Å². The monoisotopic (exact) mass is 431 g/mol. The number of aromatic nitrogens is 2. The van der Waals surface area contributed by atoms with Crippen molar-refractivity contribution < 1.29 is 9.59 Å². The molecule has 2 heterocycles. The van der Waals surface area contributed by atoms with Crippen molar-refractivity contribution in [2.45, 2.75) is 26.7 Å². The van der Waals surface area contributed by atoms with Gasteiger partial charge in [-0.15, -0.1) is 0 Å². The van der Waals surface area contributed by atoms with E-state index in [1.165, 1.54) is 0 Å². The molecule has 1 aromatic heterocycles. The van der Waals surface area contributed by atoms with Crippen LogP contribution in [-0.4, -0.2) is 59.6 Å². The molecule has 0 saturated carbocycles. The lowest BCUT2D eigenvalue weighted by Crippen LogP contribution is -2.51. The molecule has 1 fully saturated rings. The van der Waals surface area contributed by atoms with E-state index >= 15 is 0 Å². The fourth-order valence-corrected chi connectivity index (χ4v) is 3.78. The van der Waals surface area contributed by atoms with E-state index in [0.29, 0.717) is 55.3 Å². The van der Waals surface area contributed by atoms with Gasteiger partial charge < -0.3 is 15.1 Å². The molecule has 1 aliphatic heterocycles. The first-order valence-electron chi connectivity index (χ1n) is 10.1. The van der Waals surface area contributed by atoms with E-state index in [0.717, 1.165) is 5.69 Å². The van der Waals surface area contributed by atoms with Crippen LogP contribution < -0.4 is 15.8 Å². The molecule has 0 radical (unpaired) electrons. The number of amides is 2. The number of halogens is 1. The number of rotatable bonds is 6. The zero-order valence-electron chi connectivity index (χ0n) is 17.2. The third-order valence-electron chi connectivity index (χ3n) is 5.31. The second-order valence-corrected chi connectivity index (χ2v) is 7.52. The van der Waals surface area contributed by atoms with Crippen molar-refractivity contribution in [3.63, 3.8) is 0 Å². The fraction of sp³-hybridized carbons (Fsp3) is 0.429. The number of piperazine rings is 1. The molecule has 0 aliphatic carbocycles. The van der Waals surface area contributed by atoms with Crippen LogP contribution in [0.25, 0.3) is 0 Å². The van der Waals surface area contributed by atoms with Gasteiger partial charge in [0.25, 0.3) is 11.5 Å². The summed E-state index contributed by atoms with van der Waals surface area (Å²) in [5.41, 5.74) is 1.89. The van der Waals surface area contributed by atoms with Crippen molar-refractivity contribution in [2.75, 3.05) is 37.6 Å². The maximum absolute atomic E-state index is 12.6. The van der Waals surface area contributed by atoms with E-state index in [4.69, 9.17) is 11.6 Å². The van der Waals surface area contributed by atoms with Crippen LogP contribution in [0.3, 0.4) is 0 Å². The standard InChI is InChI=1S/C21H26ClN5O3/c1-3-16-17(4-2)24-25-21(30)19(16)20(29)23-13-18(28)27-11-9-26(10-12-27)15-7-5-14(22)6-8-15/h5-8H,3-4,9-13H2,1-2H3,(H,23,29)(H,25,30). The molecule has 2 amide bonds. The van der Waals surface area contributed by atoms with Gasteiger partial charge in [-0.1, -0.05) is 25.4 Å². The molecule has 0 bridgehead atoms. The Labute approximate surface area is 180 Å². The Morgan fingerprint density at radius 2 is 1.77 bits per heavy atom. The third-order valence-corrected chi connectivity index (χ3v) is 5.56. The average molecular weight is 432 g/mol. The van der Waals surface area contributed by atoms with Gasteiger partial charge in [-0.25, -0.2) is 5.10 Å². The van der Waals surface area contributed by atoms with Gasteiger partial charge in [-0.05, 0) is 42.7 Å². The number of hydrogen-bond donors (Lipinski definition) is 2. The predicted octanol–water partition coefficient (Wildman–Crippen LogP) is 1.63. The van der Waals surface area contributed by atoms with Crippen LogP contribution in [0.5, 0.6) is 0 Å². The molecular formula is C21H26ClN5O3. The normalized spacial score (nSPS) is 14.0. The van der Waals surface area contributed by atoms with Crippen molar-refractivity contribution in [2.24, 2.45) is 0 Å². The van der Waals surface area contributed by atoms with Gasteiger partial charge in [0.1, 0.15) is 5.56 Å². The van der Waals surface area contributed by atoms with Crippen LogP contribution in [0.15, 0.2) is 29.1 Å². The van der Waals surface area contributed by atoms with Crippen molar-refractivity contribution in [1.82, 2.24) is 20.4 Å². The first kappa shape index (κ1) is 21.8. The number of H-pyrrole nitrogens is 1. The number of aryl methyl sites for hydroxylation is 1. The predicted molar refractivity (Wildman–Crippen MR) is 116 cm³/mol. The summed E-state index contributed by atoms with van der Waals surface area (Å²) in [6.07, 6.45) is 1.13. The van der Waals surface area contributed by atoms with E-state index in [2.05, 4.69) is 20.4 Å². The minimum atomic E-state index is -0.543. The summed E-state index contributed by atoms with van der Waals surface area (Å²) in [5.74, 6) is -0.711. The van der Waals surface area contributed by atoms with Crippen molar-refractivity contribution in [1.29, 1.82) is 0 Å². The van der Waals surface area contributed by atoms with Crippen LogP contribution in [0.4, 0.5) is 5.69 Å². The number of nitrogens with zero attached hydrogens (tertiary/aromatic N) is 3. The summed E-state index contributed by atoms with van der Waals surface area (Å²) >= 11 is 5.93. The van der Waals surface area contributed by atoms with E-state index in [9.17, 15) is 14.4 Å². The Hall–Kier alpha value is -2.87. The van der Waals surface area contributed by atoms with Gasteiger partial charge in [0.15, 0.2) is 0 Å². The summed E-state index contributed by atoms with van der Waals surface area (Å²) in [6.45, 7) is 6.16. The van der Waals surface area contributed by atoms with Crippen LogP contribution in [0.2, 0.25) is 5.02 Å². The molecule has 2 N–H and O–H groups in total. The maximum atomic E-state index is 12.6. The number of anilines is 1. The Balaban J connectivity index is 1.57. The number of carbonyl (C=O) groups excluding carboxylic acids is 2. The molecule has 0 unspecified atom stereocenters. The van der Waals surface area contributed by atoms with Crippen LogP contribution in [0, 0.1) is 0 Å². The second kappa shape index (κ2) is 9.75. The summed E-state index contributed by atoms with van der Waals surface area (Å²) < 4.78 is 0. The van der Waals surface area contributed by atoms with E-state index < -0.39 is 11.5 Å². The van der Waals surface area contributed by atoms with Crippen LogP contribution in [0.1, 0.15) is 35.5 Å². The second-order valence-electron chi connectivity index (χ2n) is 7.09. The molecule has 3 rings (SSSR count). The van der Waals surface area contributed by atoms with Gasteiger partial charge >= 0.3 is 0 Å². The molecular weight excluding hydrogens is 406 g/mol. The quantitative estimate of drug-likeness (QED) is 0.724. The summed E-state index contributed by atoms with van der Waals surface area (Å²) in [7, 11) is 0. The Bertz CT molecular complexity index is 966. The molecule has 30 heavy (non-hydrogen) atoms. The number of carbonyl (C=O) groups is 2. The topological polar surface area (TPSA) is 98.4 Å². The SMILES string of the molecule is CCc1n[nH]c(=O)c(C(=O)NCC(=O)N2CCN(c3ccc(Cl)cc3)CC2)c1CC. The maximum Gasteiger partial charge on any atom is 0.277 e. The smallest absolute Gasteiger partial charge is 0.277 e. The zero-order chi connectivity index (χ0) is 21.7. The lowest BCUT2D eigenvalue weighted by Gasteiger charge is -2.36. The highest BCUT2D eigenvalue weighted by atomic mass is 35.5. The van der Waals surface area contributed by atoms with Crippen LogP contribution in [-0.2, 0) is 17.6 Å². The number of benzene rings is 1. The molecule has 0 spiro atoms. The highest BCUT2D eigenvalue weighted by Crippen LogP contribution is 2.19. The first-order valence-corrected chi connectivity index (χ1v) is 10.5. The fourth-order valence-electron chi connectivity index (χ4n) is 3.66. The molecule has 8 nitrogen and oxygen atoms in total. The van der Waals surface area contributed by atoms with E-state index in [-0.39, 0.29) is 18.0 Å². The molecule has 9 heteroatoms. The van der Waals surface area contributed by atoms with Gasteiger partial charge in [0.05, 0.1) is 12.2 Å². The zero-order valence-corrected chi connectivity index (χ0v) is 18.0. The third kappa shape index (κ3) is 4.81. The molecule has 1 aromatic carbocycles. The number of aromatic amines is 1. The Morgan fingerprint density at radius 1 is 1.10 bits per heavy atom. The Kier molecular flexibility index (Phi) is 7.10. The van der Waals surface area contributed by atoms with Gasteiger partial charge in [-0.3, -0.25) is 14.4 Å². The lowest BCUT2D eigenvalue weighted by atomic mass is 10.0. The van der Waals surface area contributed by atoms with E-state index in [1.54, 1.807) is 4.90 Å². The number of hydrogen-bond acceptors (Lipinski definition) is 5. The minimum Gasteiger partial charge on any atom is -0.368 e. The Morgan fingerprint density at radius 3 is 2.37 bits per heavy atom. The van der Waals surface area contributed by atoms with Crippen molar-refractivity contribution in [3.05, 3.63) is 56.5 Å². The molecule has 1 aliphatic rings. The van der Waals surface area contributed by atoms with E-state index in [1.807, 2.05) is 38.1 Å². The van der Waals surface area contributed by atoms with Crippen molar-refractivity contribution in [3.8, 4) is 0 Å². The molecule has 160 valence electrons. The largest absolute Gasteiger partial charge is 0.368 e. The molecule has 0 atom stereocenters. The molecule has 1 saturated heterocycles. The lowest BCUT2D eigenvalue weighted by molar-refractivity contribution is -0.130. The van der Waals surface area contributed by atoms with Gasteiger partial charge in [0.2, 0.25) is 5.91 Å². The summed E-state index contributed by atoms with van der Waals surface area (Å²) in [5, 5.41) is 9.68. The number of nitrogens with one attached hydrogen (secondary N) is 2. The van der Waals surface area contributed by atoms with Gasteiger partial charge in [0, 0.05) is 36.9 Å². The molecule has 2 aromatic rings. The van der Waals surface area contributed by atoms with Crippen molar-refractivity contribution >= 4 is 29.1 Å². The highest BCUT2D eigenvalue weighted by Gasteiger charge is 2.23. The highest BCUT2D eigenvalue weighted by molar-refractivity contribution is 6.30. The minimum absolute atomic E-state index is 0.0460. The first-order chi connectivity index (χ1) is 14.4. The van der Waals surface area contributed by atoms with Gasteiger partial charge in [-0.2, -0.15) is 5.10 Å². The summed E-state index contributed by atoms with van der Waals surface area (Å²) in [6, 6.07) is 7.61.